The molecule has 4 heterocycles. The van der Waals surface area contributed by atoms with Gasteiger partial charge in [-0.05, 0) is 24.3 Å². The molecule has 6 nitrogen and oxygen atoms in total. The van der Waals surface area contributed by atoms with Gasteiger partial charge >= 0.3 is 0 Å². The van der Waals surface area contributed by atoms with Crippen molar-refractivity contribution in [2.45, 2.75) is 0 Å². The van der Waals surface area contributed by atoms with E-state index in [0.29, 0.717) is 0 Å². The molecule has 0 aromatic carbocycles. The minimum absolute atomic E-state index is 0.835. The van der Waals surface area contributed by atoms with Crippen molar-refractivity contribution in [3.8, 4) is 11.4 Å². The minimum atomic E-state index is 0.835. The van der Waals surface area contributed by atoms with Gasteiger partial charge in [-0.1, -0.05) is 6.07 Å². The van der Waals surface area contributed by atoms with Crippen LogP contribution in [0.3, 0.4) is 0 Å². The van der Waals surface area contributed by atoms with Gasteiger partial charge in [0.15, 0.2) is 5.65 Å². The molecule has 0 amide bonds. The molecule has 1 N–H and O–H groups in total. The van der Waals surface area contributed by atoms with Gasteiger partial charge in [0.05, 0.1) is 11.9 Å². The Morgan fingerprint density at radius 2 is 1.86 bits per heavy atom. The third kappa shape index (κ3) is 2.34. The van der Waals surface area contributed by atoms with Gasteiger partial charge in [0, 0.05) is 32.4 Å². The van der Waals surface area contributed by atoms with Crippen LogP contribution in [-0.2, 0) is 0 Å². The number of fused-ring (bicyclic) bond motifs is 1. The first-order valence-corrected chi connectivity index (χ1v) is 7.14. The number of anilines is 1. The Bertz CT molecular complexity index is 726. The molecule has 106 valence electrons. The fraction of sp³-hybridized carbons (Fsp3) is 0.267. The van der Waals surface area contributed by atoms with E-state index < -0.39 is 0 Å². The van der Waals surface area contributed by atoms with Crippen LogP contribution in [0.4, 0.5) is 5.82 Å². The Hall–Kier alpha value is -2.47. The average molecular weight is 280 g/mol. The largest absolute Gasteiger partial charge is 0.354 e. The fourth-order valence-corrected chi connectivity index (χ4v) is 2.59. The van der Waals surface area contributed by atoms with Gasteiger partial charge < -0.3 is 10.2 Å². The topological polar surface area (TPSA) is 58.4 Å². The van der Waals surface area contributed by atoms with Crippen LogP contribution in [0.25, 0.3) is 17.0 Å². The predicted molar refractivity (Wildman–Crippen MR) is 81.3 cm³/mol. The number of imidazole rings is 1. The highest BCUT2D eigenvalue weighted by atomic mass is 15.2. The first kappa shape index (κ1) is 12.3. The van der Waals surface area contributed by atoms with E-state index in [9.17, 15) is 0 Å². The quantitative estimate of drug-likeness (QED) is 0.764. The molecule has 6 heteroatoms. The SMILES string of the molecule is c1cc(-c2cn3ncccc3n2)nc(N2CCNCC2)c1. The van der Waals surface area contributed by atoms with Crippen molar-refractivity contribution in [2.75, 3.05) is 31.1 Å². The zero-order valence-electron chi connectivity index (χ0n) is 11.6. The molecule has 0 saturated carbocycles. The number of hydrogen-bond donors (Lipinski definition) is 1. The van der Waals surface area contributed by atoms with Crippen LogP contribution in [0, 0.1) is 0 Å². The number of hydrogen-bond acceptors (Lipinski definition) is 5. The highest BCUT2D eigenvalue weighted by molar-refractivity contribution is 5.60. The molecular formula is C15H16N6. The molecule has 3 aromatic rings. The first-order chi connectivity index (χ1) is 10.4. The van der Waals surface area contributed by atoms with Crippen LogP contribution in [0.15, 0.2) is 42.7 Å². The third-order valence-corrected chi connectivity index (χ3v) is 3.67. The Balaban J connectivity index is 1.71. The van der Waals surface area contributed by atoms with Crippen LogP contribution >= 0.6 is 0 Å². The molecule has 0 aliphatic carbocycles. The molecule has 21 heavy (non-hydrogen) atoms. The van der Waals surface area contributed by atoms with Crippen molar-refractivity contribution in [3.63, 3.8) is 0 Å². The van der Waals surface area contributed by atoms with Crippen molar-refractivity contribution in [3.05, 3.63) is 42.7 Å². The van der Waals surface area contributed by atoms with Gasteiger partial charge in [0.2, 0.25) is 0 Å². The van der Waals surface area contributed by atoms with Crippen molar-refractivity contribution < 1.29 is 0 Å². The van der Waals surface area contributed by atoms with E-state index in [1.807, 2.05) is 30.5 Å². The van der Waals surface area contributed by atoms with Crippen LogP contribution < -0.4 is 10.2 Å². The summed E-state index contributed by atoms with van der Waals surface area (Å²) in [5.41, 5.74) is 2.57. The summed E-state index contributed by atoms with van der Waals surface area (Å²) in [6.45, 7) is 3.99. The minimum Gasteiger partial charge on any atom is -0.354 e. The Morgan fingerprint density at radius 3 is 2.71 bits per heavy atom. The smallest absolute Gasteiger partial charge is 0.154 e. The van der Waals surface area contributed by atoms with Crippen molar-refractivity contribution >= 4 is 11.5 Å². The highest BCUT2D eigenvalue weighted by Crippen LogP contribution is 2.20. The second-order valence-electron chi connectivity index (χ2n) is 5.07. The summed E-state index contributed by atoms with van der Waals surface area (Å²) in [5, 5.41) is 7.60. The zero-order chi connectivity index (χ0) is 14.1. The van der Waals surface area contributed by atoms with Crippen molar-refractivity contribution in [1.29, 1.82) is 0 Å². The lowest BCUT2D eigenvalue weighted by atomic mass is 10.2. The molecule has 1 aliphatic heterocycles. The molecule has 0 unspecified atom stereocenters. The Morgan fingerprint density at radius 1 is 0.952 bits per heavy atom. The predicted octanol–water partition coefficient (Wildman–Crippen LogP) is 1.20. The first-order valence-electron chi connectivity index (χ1n) is 7.14. The lowest BCUT2D eigenvalue weighted by molar-refractivity contribution is 0.585. The summed E-state index contributed by atoms with van der Waals surface area (Å²) >= 11 is 0. The molecule has 0 atom stereocenters. The molecule has 0 spiro atoms. The van der Waals surface area contributed by atoms with E-state index in [-0.39, 0.29) is 0 Å². The van der Waals surface area contributed by atoms with Crippen LogP contribution in [0.1, 0.15) is 0 Å². The second kappa shape index (κ2) is 5.14. The molecule has 0 bridgehead atoms. The zero-order valence-corrected chi connectivity index (χ0v) is 11.6. The summed E-state index contributed by atoms with van der Waals surface area (Å²) < 4.78 is 1.77. The molecule has 3 aromatic heterocycles. The summed E-state index contributed by atoms with van der Waals surface area (Å²) in [7, 11) is 0. The summed E-state index contributed by atoms with van der Waals surface area (Å²) in [6, 6.07) is 9.92. The number of nitrogens with zero attached hydrogens (tertiary/aromatic N) is 5. The molecule has 0 radical (unpaired) electrons. The average Bonchev–Trinajstić information content (AvgIpc) is 3.00. The van der Waals surface area contributed by atoms with Gasteiger partial charge in [-0.2, -0.15) is 5.10 Å². The second-order valence-corrected chi connectivity index (χ2v) is 5.07. The van der Waals surface area contributed by atoms with Crippen LogP contribution in [0.2, 0.25) is 0 Å². The fourth-order valence-electron chi connectivity index (χ4n) is 2.59. The van der Waals surface area contributed by atoms with E-state index in [1.165, 1.54) is 0 Å². The number of pyridine rings is 1. The molecule has 1 fully saturated rings. The monoisotopic (exact) mass is 280 g/mol. The Labute approximate surface area is 122 Å². The van der Waals surface area contributed by atoms with Crippen molar-refractivity contribution in [1.82, 2.24) is 24.9 Å². The lowest BCUT2D eigenvalue weighted by Crippen LogP contribution is -2.43. The summed E-state index contributed by atoms with van der Waals surface area (Å²) in [4.78, 5) is 11.6. The standard InChI is InChI=1S/C15H16N6/c1-3-12(13-11-21-15(19-13)5-2-6-17-21)18-14(4-1)20-9-7-16-8-10-20/h1-6,11,16H,7-10H2. The van der Waals surface area contributed by atoms with Gasteiger partial charge in [0.1, 0.15) is 11.5 Å². The normalized spacial score (nSPS) is 15.5. The number of piperazine rings is 1. The lowest BCUT2D eigenvalue weighted by Gasteiger charge is -2.28. The van der Waals surface area contributed by atoms with Crippen LogP contribution in [0.5, 0.6) is 0 Å². The third-order valence-electron chi connectivity index (χ3n) is 3.67. The summed E-state index contributed by atoms with van der Waals surface area (Å²) in [5.74, 6) is 1.01. The van der Waals surface area contributed by atoms with E-state index in [1.54, 1.807) is 10.7 Å². The number of nitrogens with one attached hydrogen (secondary N) is 1. The number of rotatable bonds is 2. The summed E-state index contributed by atoms with van der Waals surface area (Å²) in [6.07, 6.45) is 3.67. The van der Waals surface area contributed by atoms with E-state index in [0.717, 1.165) is 49.0 Å². The van der Waals surface area contributed by atoms with E-state index in [2.05, 4.69) is 26.4 Å². The maximum absolute atomic E-state index is 4.76. The van der Waals surface area contributed by atoms with Crippen molar-refractivity contribution in [2.24, 2.45) is 0 Å². The maximum atomic E-state index is 4.76. The van der Waals surface area contributed by atoms with Gasteiger partial charge in [-0.3, -0.25) is 0 Å². The van der Waals surface area contributed by atoms with Crippen LogP contribution in [-0.4, -0.2) is 45.8 Å². The molecular weight excluding hydrogens is 264 g/mol. The number of aromatic nitrogens is 4. The molecule has 1 saturated heterocycles. The van der Waals surface area contributed by atoms with E-state index >= 15 is 0 Å². The Kier molecular flexibility index (Phi) is 3.01. The van der Waals surface area contributed by atoms with Gasteiger partial charge in [-0.25, -0.2) is 14.5 Å². The molecule has 1 aliphatic rings. The maximum Gasteiger partial charge on any atom is 0.154 e. The molecule has 4 rings (SSSR count). The van der Waals surface area contributed by atoms with E-state index in [4.69, 9.17) is 4.98 Å². The highest BCUT2D eigenvalue weighted by Gasteiger charge is 2.13. The van der Waals surface area contributed by atoms with Gasteiger partial charge in [-0.15, -0.1) is 0 Å². The van der Waals surface area contributed by atoms with Gasteiger partial charge in [0.25, 0.3) is 0 Å².